The van der Waals surface area contributed by atoms with Crippen LogP contribution in [0.4, 0.5) is 0 Å². The summed E-state index contributed by atoms with van der Waals surface area (Å²) in [6, 6.07) is 2.16. The minimum atomic E-state index is 0.239. The first-order valence-corrected chi connectivity index (χ1v) is 8.23. The number of nitrogens with zero attached hydrogens (tertiary/aromatic N) is 1. The van der Waals surface area contributed by atoms with Gasteiger partial charge in [-0.1, -0.05) is 26.7 Å². The van der Waals surface area contributed by atoms with Crippen LogP contribution >= 0.6 is 0 Å². The van der Waals surface area contributed by atoms with Gasteiger partial charge in [0.05, 0.1) is 0 Å². The zero-order chi connectivity index (χ0) is 14.4. The molecule has 1 N–H and O–H groups in total. The topological polar surface area (TPSA) is 34.0 Å². The van der Waals surface area contributed by atoms with Gasteiger partial charge < -0.3 is 9.88 Å². The van der Waals surface area contributed by atoms with Crippen LogP contribution in [0, 0.1) is 0 Å². The highest BCUT2D eigenvalue weighted by molar-refractivity contribution is 5.30. The molecule has 112 valence electrons. The van der Waals surface area contributed by atoms with Crippen molar-refractivity contribution in [2.24, 2.45) is 0 Å². The zero-order valence-electron chi connectivity index (χ0n) is 13.0. The summed E-state index contributed by atoms with van der Waals surface area (Å²) in [5, 5.41) is 3.40. The molecule has 0 bridgehead atoms. The average molecular weight is 276 g/mol. The zero-order valence-corrected chi connectivity index (χ0v) is 13.0. The molecule has 0 saturated heterocycles. The van der Waals surface area contributed by atoms with Gasteiger partial charge >= 0.3 is 0 Å². The second-order valence-corrected chi connectivity index (χ2v) is 5.84. The van der Waals surface area contributed by atoms with E-state index in [1.165, 1.54) is 30.5 Å². The molecular formula is C17H28N2O. The second kappa shape index (κ2) is 7.63. The molecule has 1 aliphatic carbocycles. The van der Waals surface area contributed by atoms with Crippen molar-refractivity contribution in [2.75, 3.05) is 6.54 Å². The van der Waals surface area contributed by atoms with Crippen LogP contribution in [0.1, 0.15) is 62.8 Å². The molecule has 3 heteroatoms. The lowest BCUT2D eigenvalue weighted by atomic mass is 10.1. The van der Waals surface area contributed by atoms with Crippen LogP contribution < -0.4 is 10.9 Å². The summed E-state index contributed by atoms with van der Waals surface area (Å²) in [5.41, 5.74) is 3.91. The van der Waals surface area contributed by atoms with Gasteiger partial charge in [0, 0.05) is 24.3 Å². The van der Waals surface area contributed by atoms with Crippen LogP contribution in [-0.4, -0.2) is 11.1 Å². The standard InChI is InChI=1S/C17H28N2O/c1-3-5-10-18-13-15-12-14-8-7-9-16(14)19(17(15)20)11-6-4-2/h12,18H,3-11,13H2,1-2H3. The first-order valence-electron chi connectivity index (χ1n) is 8.23. The maximum absolute atomic E-state index is 12.6. The summed E-state index contributed by atoms with van der Waals surface area (Å²) < 4.78 is 2.06. The predicted octanol–water partition coefficient (Wildman–Crippen LogP) is 3.03. The lowest BCUT2D eigenvalue weighted by Crippen LogP contribution is -2.30. The molecule has 0 fully saturated rings. The van der Waals surface area contributed by atoms with Gasteiger partial charge in [-0.15, -0.1) is 0 Å². The normalized spacial score (nSPS) is 13.7. The molecule has 0 unspecified atom stereocenters. The summed E-state index contributed by atoms with van der Waals surface area (Å²) in [6.07, 6.45) is 8.03. The molecule has 0 spiro atoms. The van der Waals surface area contributed by atoms with Crippen LogP contribution in [0.3, 0.4) is 0 Å². The minimum Gasteiger partial charge on any atom is -0.312 e. The van der Waals surface area contributed by atoms with Gasteiger partial charge in [0.25, 0.3) is 5.56 Å². The van der Waals surface area contributed by atoms with Crippen molar-refractivity contribution < 1.29 is 0 Å². The number of hydrogen-bond acceptors (Lipinski definition) is 2. The first kappa shape index (κ1) is 15.3. The molecule has 2 rings (SSSR count). The van der Waals surface area contributed by atoms with E-state index in [9.17, 15) is 4.79 Å². The molecule has 1 aliphatic rings. The summed E-state index contributed by atoms with van der Waals surface area (Å²) >= 11 is 0. The van der Waals surface area contributed by atoms with Crippen molar-refractivity contribution in [3.05, 3.63) is 33.2 Å². The van der Waals surface area contributed by atoms with E-state index in [2.05, 4.69) is 29.8 Å². The van der Waals surface area contributed by atoms with Crippen LogP contribution in [0.5, 0.6) is 0 Å². The molecule has 0 atom stereocenters. The molecule has 20 heavy (non-hydrogen) atoms. The van der Waals surface area contributed by atoms with Gasteiger partial charge in [-0.3, -0.25) is 4.79 Å². The van der Waals surface area contributed by atoms with Crippen molar-refractivity contribution in [3.63, 3.8) is 0 Å². The van der Waals surface area contributed by atoms with E-state index in [0.717, 1.165) is 50.9 Å². The number of pyridine rings is 1. The predicted molar refractivity (Wildman–Crippen MR) is 84.2 cm³/mol. The third-order valence-corrected chi connectivity index (χ3v) is 4.18. The Morgan fingerprint density at radius 2 is 2.00 bits per heavy atom. The number of rotatable bonds is 8. The van der Waals surface area contributed by atoms with Gasteiger partial charge in [-0.25, -0.2) is 0 Å². The molecule has 0 aliphatic heterocycles. The molecule has 1 heterocycles. The van der Waals surface area contributed by atoms with Crippen LogP contribution in [-0.2, 0) is 25.9 Å². The van der Waals surface area contributed by atoms with Crippen molar-refractivity contribution in [1.82, 2.24) is 9.88 Å². The summed E-state index contributed by atoms with van der Waals surface area (Å²) in [6.45, 7) is 6.98. The fourth-order valence-corrected chi connectivity index (χ4v) is 2.99. The van der Waals surface area contributed by atoms with E-state index >= 15 is 0 Å². The molecule has 1 aromatic heterocycles. The lowest BCUT2D eigenvalue weighted by Gasteiger charge is -2.14. The van der Waals surface area contributed by atoms with Crippen molar-refractivity contribution in [2.45, 2.75) is 71.9 Å². The Labute approximate surface area is 122 Å². The van der Waals surface area contributed by atoms with Gasteiger partial charge in [0.2, 0.25) is 0 Å². The average Bonchev–Trinajstić information content (AvgIpc) is 2.91. The summed E-state index contributed by atoms with van der Waals surface area (Å²) in [4.78, 5) is 12.6. The SMILES string of the molecule is CCCCNCc1cc2c(n(CCCC)c1=O)CCC2. The highest BCUT2D eigenvalue weighted by atomic mass is 16.1. The second-order valence-electron chi connectivity index (χ2n) is 5.84. The Bertz CT molecular complexity index is 490. The fourth-order valence-electron chi connectivity index (χ4n) is 2.99. The van der Waals surface area contributed by atoms with E-state index in [0.29, 0.717) is 0 Å². The quantitative estimate of drug-likeness (QED) is 0.741. The van der Waals surface area contributed by atoms with Gasteiger partial charge in [0.1, 0.15) is 0 Å². The number of aryl methyl sites for hydroxylation is 1. The largest absolute Gasteiger partial charge is 0.312 e. The van der Waals surface area contributed by atoms with Gasteiger partial charge in [-0.2, -0.15) is 0 Å². The first-order chi connectivity index (χ1) is 9.77. The fraction of sp³-hybridized carbons (Fsp3) is 0.706. The number of aromatic nitrogens is 1. The highest BCUT2D eigenvalue weighted by Gasteiger charge is 2.18. The molecular weight excluding hydrogens is 248 g/mol. The van der Waals surface area contributed by atoms with Crippen molar-refractivity contribution in [3.8, 4) is 0 Å². The molecule has 0 aromatic carbocycles. The Morgan fingerprint density at radius 3 is 2.75 bits per heavy atom. The van der Waals surface area contributed by atoms with E-state index in [4.69, 9.17) is 0 Å². The van der Waals surface area contributed by atoms with Crippen molar-refractivity contribution >= 4 is 0 Å². The number of nitrogens with one attached hydrogen (secondary N) is 1. The van der Waals surface area contributed by atoms with Gasteiger partial charge in [-0.05, 0) is 50.3 Å². The Hall–Kier alpha value is -1.09. The van der Waals surface area contributed by atoms with E-state index < -0.39 is 0 Å². The minimum absolute atomic E-state index is 0.239. The molecule has 3 nitrogen and oxygen atoms in total. The molecule has 0 amide bonds. The van der Waals surface area contributed by atoms with E-state index in [-0.39, 0.29) is 5.56 Å². The Balaban J connectivity index is 2.17. The van der Waals surface area contributed by atoms with Gasteiger partial charge in [0.15, 0.2) is 0 Å². The third kappa shape index (κ3) is 3.51. The summed E-state index contributed by atoms with van der Waals surface area (Å²) in [7, 11) is 0. The number of fused-ring (bicyclic) bond motifs is 1. The van der Waals surface area contributed by atoms with Crippen molar-refractivity contribution in [1.29, 1.82) is 0 Å². The molecule has 0 radical (unpaired) electrons. The number of unbranched alkanes of at least 4 members (excludes halogenated alkanes) is 2. The lowest BCUT2D eigenvalue weighted by molar-refractivity contribution is 0.576. The number of hydrogen-bond donors (Lipinski definition) is 1. The third-order valence-electron chi connectivity index (χ3n) is 4.18. The van der Waals surface area contributed by atoms with Crippen LogP contribution in [0.25, 0.3) is 0 Å². The highest BCUT2D eigenvalue weighted by Crippen LogP contribution is 2.21. The maximum atomic E-state index is 12.6. The van der Waals surface area contributed by atoms with E-state index in [1.807, 2.05) is 0 Å². The smallest absolute Gasteiger partial charge is 0.255 e. The molecule has 1 aromatic rings. The Morgan fingerprint density at radius 1 is 1.20 bits per heavy atom. The van der Waals surface area contributed by atoms with Crippen LogP contribution in [0.2, 0.25) is 0 Å². The summed E-state index contributed by atoms with van der Waals surface area (Å²) in [5.74, 6) is 0. The maximum Gasteiger partial charge on any atom is 0.255 e. The monoisotopic (exact) mass is 276 g/mol. The molecule has 0 saturated carbocycles. The van der Waals surface area contributed by atoms with E-state index in [1.54, 1.807) is 0 Å². The Kier molecular flexibility index (Phi) is 5.84. The van der Waals surface area contributed by atoms with Crippen LogP contribution in [0.15, 0.2) is 10.9 Å².